The van der Waals surface area contributed by atoms with Gasteiger partial charge in [0.25, 0.3) is 0 Å². The Labute approximate surface area is 152 Å². The van der Waals surface area contributed by atoms with Crippen LogP contribution in [0.4, 0.5) is 0 Å². The number of rotatable bonds is 4. The van der Waals surface area contributed by atoms with Gasteiger partial charge in [0.05, 0.1) is 23.3 Å². The summed E-state index contributed by atoms with van der Waals surface area (Å²) in [6, 6.07) is 15.1. The maximum Gasteiger partial charge on any atom is 0.337 e. The lowest BCUT2D eigenvalue weighted by molar-refractivity contribution is 0.0698. The van der Waals surface area contributed by atoms with Crippen molar-refractivity contribution in [3.05, 3.63) is 76.4 Å². The van der Waals surface area contributed by atoms with Crippen molar-refractivity contribution in [2.24, 2.45) is 0 Å². The van der Waals surface area contributed by atoms with E-state index >= 15 is 0 Å². The molecule has 2 aromatic heterocycles. The third kappa shape index (κ3) is 3.04. The number of aromatic nitrogens is 2. The lowest BCUT2D eigenvalue weighted by Crippen LogP contribution is -2.04. The summed E-state index contributed by atoms with van der Waals surface area (Å²) in [6.07, 6.45) is 1.87. The Bertz CT molecular complexity index is 1070. The summed E-state index contributed by atoms with van der Waals surface area (Å²) in [4.78, 5) is 16.3. The van der Waals surface area contributed by atoms with Gasteiger partial charge in [-0.2, -0.15) is 0 Å². The lowest BCUT2D eigenvalue weighted by Gasteiger charge is -2.07. The van der Waals surface area contributed by atoms with Crippen LogP contribution in [0.25, 0.3) is 21.5 Å². The molecule has 124 valence electrons. The molecule has 0 spiro atoms. The van der Waals surface area contributed by atoms with E-state index in [1.165, 1.54) is 6.07 Å². The molecular weight excluding hydrogens is 356 g/mol. The number of carbonyl (C=O) groups is 1. The second kappa shape index (κ2) is 6.35. The van der Waals surface area contributed by atoms with Gasteiger partial charge in [-0.05, 0) is 18.2 Å². The highest BCUT2D eigenvalue weighted by Gasteiger charge is 2.15. The summed E-state index contributed by atoms with van der Waals surface area (Å²) in [6.45, 7) is 0.509. The number of carboxylic acid groups (broad SMARTS) is 1. The van der Waals surface area contributed by atoms with Crippen molar-refractivity contribution in [1.82, 2.24) is 9.55 Å². The van der Waals surface area contributed by atoms with E-state index in [1.807, 2.05) is 52.5 Å². The molecule has 0 unspecified atom stereocenters. The van der Waals surface area contributed by atoms with Crippen LogP contribution in [0.1, 0.15) is 16.1 Å². The Morgan fingerprint density at radius 2 is 2.00 bits per heavy atom. The quantitative estimate of drug-likeness (QED) is 0.541. The Hall–Kier alpha value is -2.63. The zero-order valence-electron chi connectivity index (χ0n) is 13.0. The van der Waals surface area contributed by atoms with Gasteiger partial charge in [-0.3, -0.25) is 0 Å². The second-order valence-corrected chi connectivity index (χ2v) is 6.94. The monoisotopic (exact) mass is 368 g/mol. The molecule has 2 aromatic carbocycles. The molecule has 0 fully saturated rings. The fourth-order valence-corrected chi connectivity index (χ4v) is 3.92. The van der Waals surface area contributed by atoms with Crippen molar-refractivity contribution in [1.29, 1.82) is 0 Å². The first kappa shape index (κ1) is 15.9. The second-order valence-electron chi connectivity index (χ2n) is 5.65. The van der Waals surface area contributed by atoms with Crippen molar-refractivity contribution in [3.63, 3.8) is 0 Å². The van der Waals surface area contributed by atoms with Crippen molar-refractivity contribution < 1.29 is 9.90 Å². The maximum atomic E-state index is 11.6. The molecule has 0 radical (unpaired) electrons. The molecule has 0 atom stereocenters. The van der Waals surface area contributed by atoms with E-state index in [9.17, 15) is 9.90 Å². The molecule has 4 nitrogen and oxygen atoms in total. The lowest BCUT2D eigenvalue weighted by atomic mass is 10.1. The standard InChI is InChI=1S/C19H13ClN2O2S/c20-14-8-13-6-7-22(17(13)16(9-14)19(23)24)10-15-11-25-18(21-15)12-4-2-1-3-5-12/h1-9,11H,10H2,(H,23,24). The molecular formula is C19H13ClN2O2S. The summed E-state index contributed by atoms with van der Waals surface area (Å²) in [5, 5.41) is 13.7. The number of thiazole rings is 1. The Morgan fingerprint density at radius 3 is 2.76 bits per heavy atom. The first-order valence-electron chi connectivity index (χ1n) is 7.63. The third-order valence-corrected chi connectivity index (χ3v) is 5.12. The summed E-state index contributed by atoms with van der Waals surface area (Å²) < 4.78 is 1.90. The van der Waals surface area contributed by atoms with Crippen LogP contribution < -0.4 is 0 Å². The fraction of sp³-hybridized carbons (Fsp3) is 0.0526. The minimum absolute atomic E-state index is 0.200. The minimum Gasteiger partial charge on any atom is -0.478 e. The highest BCUT2D eigenvalue weighted by Crippen LogP contribution is 2.28. The Balaban J connectivity index is 1.72. The number of halogens is 1. The van der Waals surface area contributed by atoms with Gasteiger partial charge in [-0.15, -0.1) is 11.3 Å². The van der Waals surface area contributed by atoms with Crippen molar-refractivity contribution in [3.8, 4) is 10.6 Å². The van der Waals surface area contributed by atoms with Crippen LogP contribution in [0.5, 0.6) is 0 Å². The summed E-state index contributed by atoms with van der Waals surface area (Å²) in [7, 11) is 0. The number of aromatic carboxylic acids is 1. The Morgan fingerprint density at radius 1 is 1.20 bits per heavy atom. The minimum atomic E-state index is -0.990. The summed E-state index contributed by atoms with van der Waals surface area (Å²) >= 11 is 7.61. The highest BCUT2D eigenvalue weighted by atomic mass is 35.5. The molecule has 0 bridgehead atoms. The van der Waals surface area contributed by atoms with Crippen molar-refractivity contribution in [2.75, 3.05) is 0 Å². The zero-order valence-corrected chi connectivity index (χ0v) is 14.6. The van der Waals surface area contributed by atoms with Gasteiger partial charge in [0, 0.05) is 27.5 Å². The van der Waals surface area contributed by atoms with Gasteiger partial charge >= 0.3 is 5.97 Å². The topological polar surface area (TPSA) is 55.1 Å². The van der Waals surface area contributed by atoms with Gasteiger partial charge < -0.3 is 9.67 Å². The average Bonchev–Trinajstić information content (AvgIpc) is 3.23. The fourth-order valence-electron chi connectivity index (χ4n) is 2.87. The van der Waals surface area contributed by atoms with Gasteiger partial charge in [-0.1, -0.05) is 41.9 Å². The molecule has 0 amide bonds. The largest absolute Gasteiger partial charge is 0.478 e. The zero-order chi connectivity index (χ0) is 17.4. The van der Waals surface area contributed by atoms with Gasteiger partial charge in [0.15, 0.2) is 0 Å². The van der Waals surface area contributed by atoms with Crippen LogP contribution in [-0.4, -0.2) is 20.6 Å². The van der Waals surface area contributed by atoms with Crippen LogP contribution in [0.2, 0.25) is 5.02 Å². The average molecular weight is 369 g/mol. The molecule has 0 aliphatic heterocycles. The van der Waals surface area contributed by atoms with Gasteiger partial charge in [-0.25, -0.2) is 9.78 Å². The van der Waals surface area contributed by atoms with Crippen LogP contribution in [0.15, 0.2) is 60.1 Å². The van der Waals surface area contributed by atoms with Crippen molar-refractivity contribution >= 4 is 39.8 Å². The number of hydrogen-bond donors (Lipinski definition) is 1. The van der Waals surface area contributed by atoms with E-state index in [1.54, 1.807) is 17.4 Å². The van der Waals surface area contributed by atoms with E-state index in [2.05, 4.69) is 4.98 Å². The third-order valence-electron chi connectivity index (χ3n) is 3.96. The first-order chi connectivity index (χ1) is 12.1. The SMILES string of the molecule is O=C(O)c1cc(Cl)cc2ccn(Cc3csc(-c4ccccc4)n3)c12. The van der Waals surface area contributed by atoms with E-state index in [4.69, 9.17) is 11.6 Å². The van der Waals surface area contributed by atoms with Crippen LogP contribution in [-0.2, 0) is 6.54 Å². The normalized spacial score (nSPS) is 11.1. The van der Waals surface area contributed by atoms with Gasteiger partial charge in [0.2, 0.25) is 0 Å². The molecule has 0 aliphatic rings. The molecule has 0 saturated carbocycles. The summed E-state index contributed by atoms with van der Waals surface area (Å²) in [5.41, 5.74) is 2.83. The summed E-state index contributed by atoms with van der Waals surface area (Å²) in [5.74, 6) is -0.990. The number of fused-ring (bicyclic) bond motifs is 1. The molecule has 1 N–H and O–H groups in total. The maximum absolute atomic E-state index is 11.6. The number of nitrogens with zero attached hydrogens (tertiary/aromatic N) is 2. The first-order valence-corrected chi connectivity index (χ1v) is 8.89. The molecule has 0 aliphatic carbocycles. The van der Waals surface area contributed by atoms with E-state index in [0.29, 0.717) is 17.1 Å². The highest BCUT2D eigenvalue weighted by molar-refractivity contribution is 7.13. The van der Waals surface area contributed by atoms with Gasteiger partial charge in [0.1, 0.15) is 5.01 Å². The molecule has 4 aromatic rings. The number of carboxylic acids is 1. The van der Waals surface area contributed by atoms with Crippen LogP contribution in [0.3, 0.4) is 0 Å². The predicted octanol–water partition coefficient (Wildman–Crippen LogP) is 5.16. The molecule has 6 heteroatoms. The molecule has 2 heterocycles. The smallest absolute Gasteiger partial charge is 0.337 e. The molecule has 0 saturated heterocycles. The number of benzene rings is 2. The van der Waals surface area contributed by atoms with E-state index in [-0.39, 0.29) is 5.56 Å². The van der Waals surface area contributed by atoms with E-state index < -0.39 is 5.97 Å². The number of hydrogen-bond acceptors (Lipinski definition) is 3. The van der Waals surface area contributed by atoms with Crippen LogP contribution >= 0.6 is 22.9 Å². The van der Waals surface area contributed by atoms with E-state index in [0.717, 1.165) is 21.7 Å². The molecule has 4 rings (SSSR count). The Kier molecular flexibility index (Phi) is 4.03. The van der Waals surface area contributed by atoms with Crippen molar-refractivity contribution in [2.45, 2.75) is 6.54 Å². The molecule has 25 heavy (non-hydrogen) atoms. The predicted molar refractivity (Wildman–Crippen MR) is 101 cm³/mol. The van der Waals surface area contributed by atoms with Crippen LogP contribution in [0, 0.1) is 0 Å².